The van der Waals surface area contributed by atoms with Crippen LogP contribution in [0.25, 0.3) is 11.2 Å². The number of carbonyl (C=O) groups excluding carboxylic acids is 2. The van der Waals surface area contributed by atoms with E-state index in [-0.39, 0.29) is 41.2 Å². The van der Waals surface area contributed by atoms with E-state index in [1.807, 2.05) is 25.3 Å². The first kappa shape index (κ1) is 31.5. The number of anilines is 1. The number of thioether (sulfide) groups is 2. The first-order chi connectivity index (χ1) is 17.5. The maximum Gasteiger partial charge on any atom is 0.697 e. The second kappa shape index (κ2) is 15.7. The van der Waals surface area contributed by atoms with Crippen LogP contribution in [0.4, 0.5) is 5.82 Å². The van der Waals surface area contributed by atoms with E-state index < -0.39 is 8.25 Å². The van der Waals surface area contributed by atoms with Crippen LogP contribution < -0.4 is 5.73 Å². The largest absolute Gasteiger partial charge is 0.697 e. The van der Waals surface area contributed by atoms with E-state index in [4.69, 9.17) is 24.3 Å². The summed E-state index contributed by atoms with van der Waals surface area (Å²) in [6.45, 7) is 8.25. The Hall–Kier alpha value is -1.67. The maximum atomic E-state index is 11.7. The highest BCUT2D eigenvalue weighted by Gasteiger charge is 2.32. The molecule has 0 radical (unpaired) electrons. The van der Waals surface area contributed by atoms with E-state index in [0.717, 1.165) is 30.4 Å². The summed E-state index contributed by atoms with van der Waals surface area (Å²) < 4.78 is 34.5. The zero-order valence-electron chi connectivity index (χ0n) is 21.7. The lowest BCUT2D eigenvalue weighted by atomic mass is 10.00. The maximum absolute atomic E-state index is 11.7. The van der Waals surface area contributed by atoms with Gasteiger partial charge in [-0.3, -0.25) is 14.2 Å². The van der Waals surface area contributed by atoms with Gasteiger partial charge in [0, 0.05) is 35.5 Å². The molecule has 15 heteroatoms. The third kappa shape index (κ3) is 10.9. The van der Waals surface area contributed by atoms with Gasteiger partial charge < -0.3 is 15.2 Å². The quantitative estimate of drug-likeness (QED) is 0.302. The van der Waals surface area contributed by atoms with Gasteiger partial charge in [-0.05, 0) is 12.8 Å². The van der Waals surface area contributed by atoms with Crippen LogP contribution in [0.3, 0.4) is 0 Å². The van der Waals surface area contributed by atoms with Crippen LogP contribution in [0.15, 0.2) is 12.7 Å². The topological polar surface area (TPSA) is 158 Å². The zero-order chi connectivity index (χ0) is 27.4. The molecule has 0 bridgehead atoms. The van der Waals surface area contributed by atoms with E-state index in [1.165, 1.54) is 25.0 Å². The Balaban J connectivity index is 0.000000371. The van der Waals surface area contributed by atoms with Crippen molar-refractivity contribution in [1.29, 1.82) is 0 Å². The van der Waals surface area contributed by atoms with Crippen molar-refractivity contribution in [3.05, 3.63) is 12.7 Å². The molecule has 2 aromatic heterocycles. The minimum absolute atomic E-state index is 0.00537. The summed E-state index contributed by atoms with van der Waals surface area (Å²) in [7, 11) is -0.589. The summed E-state index contributed by atoms with van der Waals surface area (Å²) in [6, 6.07) is 0. The average molecular weight is 577 g/mol. The van der Waals surface area contributed by atoms with Crippen molar-refractivity contribution in [3.8, 4) is 0 Å². The average Bonchev–Trinajstić information content (AvgIpc) is 3.48. The fraction of sp³-hybridized carbons (Fsp3) is 0.682. The number of imidazole rings is 1. The monoisotopic (exact) mass is 576 g/mol. The number of methoxy groups -OCH3 is 1. The van der Waals surface area contributed by atoms with Gasteiger partial charge in [0.2, 0.25) is 0 Å². The molecule has 0 saturated carbocycles. The molecule has 2 N–H and O–H groups in total. The second-order valence-electron chi connectivity index (χ2n) is 8.94. The lowest BCUT2D eigenvalue weighted by Gasteiger charge is -2.14. The SMILES string of the molecule is CC(=O)SCCO[P+](=O)OC[C@H]1CC[C@@H](n2cnc3c(N)ncnc32)O1.COCCSC(=O)C(C)(C)C. The number of aromatic nitrogens is 4. The van der Waals surface area contributed by atoms with E-state index >= 15 is 0 Å². The third-order valence-corrected chi connectivity index (χ3v) is 7.64. The Morgan fingerprint density at radius 2 is 1.89 bits per heavy atom. The lowest BCUT2D eigenvalue weighted by Crippen LogP contribution is -2.17. The molecule has 1 aliphatic heterocycles. The zero-order valence-corrected chi connectivity index (χ0v) is 24.3. The Labute approximate surface area is 226 Å². The van der Waals surface area contributed by atoms with E-state index in [9.17, 15) is 14.2 Å². The first-order valence-electron chi connectivity index (χ1n) is 11.6. The molecule has 1 fully saturated rings. The fourth-order valence-electron chi connectivity index (χ4n) is 3.01. The summed E-state index contributed by atoms with van der Waals surface area (Å²) in [5.41, 5.74) is 6.71. The van der Waals surface area contributed by atoms with E-state index in [1.54, 1.807) is 13.4 Å². The number of hydrogen-bond donors (Lipinski definition) is 1. The van der Waals surface area contributed by atoms with Crippen molar-refractivity contribution in [1.82, 2.24) is 19.5 Å². The van der Waals surface area contributed by atoms with Gasteiger partial charge in [-0.1, -0.05) is 44.3 Å². The van der Waals surface area contributed by atoms with Gasteiger partial charge in [0.05, 0.1) is 19.0 Å². The molecule has 0 amide bonds. The third-order valence-electron chi connectivity index (χ3n) is 4.87. The first-order valence-corrected chi connectivity index (χ1v) is 14.7. The van der Waals surface area contributed by atoms with Gasteiger partial charge in [-0.15, -0.1) is 9.05 Å². The van der Waals surface area contributed by atoms with Crippen molar-refractivity contribution in [3.63, 3.8) is 0 Å². The molecule has 0 spiro atoms. The van der Waals surface area contributed by atoms with Gasteiger partial charge in [-0.25, -0.2) is 15.0 Å². The predicted octanol–water partition coefficient (Wildman–Crippen LogP) is 4.00. The van der Waals surface area contributed by atoms with Crippen LogP contribution in [0.2, 0.25) is 0 Å². The second-order valence-corrected chi connectivity index (χ2v) is 12.2. The van der Waals surface area contributed by atoms with Crippen molar-refractivity contribution in [2.45, 2.75) is 52.9 Å². The molecule has 3 rings (SSSR count). The van der Waals surface area contributed by atoms with Crippen LogP contribution in [-0.2, 0) is 32.7 Å². The highest BCUT2D eigenvalue weighted by atomic mass is 32.2. The van der Waals surface area contributed by atoms with Gasteiger partial charge >= 0.3 is 8.25 Å². The van der Waals surface area contributed by atoms with Crippen LogP contribution >= 0.6 is 31.8 Å². The minimum atomic E-state index is -2.23. The molecule has 37 heavy (non-hydrogen) atoms. The molecule has 2 aromatic rings. The van der Waals surface area contributed by atoms with Crippen molar-refractivity contribution >= 4 is 59.0 Å². The molecular weight excluding hydrogens is 541 g/mol. The van der Waals surface area contributed by atoms with Crippen LogP contribution in [0, 0.1) is 5.41 Å². The molecule has 0 aliphatic carbocycles. The summed E-state index contributed by atoms with van der Waals surface area (Å²) >= 11 is 2.46. The van der Waals surface area contributed by atoms with Gasteiger partial charge in [0.15, 0.2) is 21.7 Å². The van der Waals surface area contributed by atoms with Crippen molar-refractivity contribution in [2.24, 2.45) is 5.41 Å². The van der Waals surface area contributed by atoms with Gasteiger partial charge in [0.25, 0.3) is 0 Å². The van der Waals surface area contributed by atoms with Crippen LogP contribution in [0.1, 0.15) is 46.8 Å². The Kier molecular flexibility index (Phi) is 13.4. The molecule has 12 nitrogen and oxygen atoms in total. The van der Waals surface area contributed by atoms with Gasteiger partial charge in [-0.2, -0.15) is 0 Å². The van der Waals surface area contributed by atoms with Gasteiger partial charge in [0.1, 0.15) is 31.3 Å². The number of rotatable bonds is 11. The number of nitrogens with zero attached hydrogens (tertiary/aromatic N) is 4. The lowest BCUT2D eigenvalue weighted by molar-refractivity contribution is -0.117. The molecule has 1 unspecified atom stereocenters. The smallest absolute Gasteiger partial charge is 0.384 e. The number of nitrogens with two attached hydrogens (primary N) is 1. The van der Waals surface area contributed by atoms with Crippen molar-refractivity contribution < 1.29 is 32.7 Å². The molecule has 206 valence electrons. The van der Waals surface area contributed by atoms with Crippen LogP contribution in [0.5, 0.6) is 0 Å². The molecule has 1 saturated heterocycles. The molecule has 0 aromatic carbocycles. The molecule has 1 aliphatic rings. The summed E-state index contributed by atoms with van der Waals surface area (Å²) in [5.74, 6) is 1.52. The Morgan fingerprint density at radius 1 is 1.16 bits per heavy atom. The highest BCUT2D eigenvalue weighted by molar-refractivity contribution is 8.13. The standard InChI is InChI=1S/C14H19N5O5PS.C8H16O2S/c1-9(20)26-5-4-22-25(21)23-6-10-2-3-11(24-10)19-8-18-12-13(15)16-7-17-14(12)19;1-8(2,3)7(9)11-6-5-10-4/h7-8,10-11H,2-6H2,1H3,(H2,15,16,17);5-6H2,1-4H3/q+1;/t10-,11+;/m1./s1. The Bertz CT molecular complexity index is 1050. The summed E-state index contributed by atoms with van der Waals surface area (Å²) in [5, 5.41) is 0.226. The summed E-state index contributed by atoms with van der Waals surface area (Å²) in [4.78, 5) is 34.4. The minimum Gasteiger partial charge on any atom is -0.384 e. The molecule has 3 heterocycles. The fourth-order valence-corrected chi connectivity index (χ4v) is 5.06. The molecule has 3 atom stereocenters. The normalized spacial score (nSPS) is 17.9. The summed E-state index contributed by atoms with van der Waals surface area (Å²) in [6.07, 6.45) is 4.06. The molecular formula is C22H35N5O7PS2+. The number of nitrogen functional groups attached to an aromatic ring is 1. The Morgan fingerprint density at radius 3 is 2.57 bits per heavy atom. The number of ether oxygens (including phenoxy) is 2. The predicted molar refractivity (Wildman–Crippen MR) is 144 cm³/mol. The van der Waals surface area contributed by atoms with E-state index in [0.29, 0.717) is 29.3 Å². The van der Waals surface area contributed by atoms with E-state index in [2.05, 4.69) is 15.0 Å². The van der Waals surface area contributed by atoms with Crippen LogP contribution in [-0.4, -0.2) is 74.3 Å². The van der Waals surface area contributed by atoms with Crippen molar-refractivity contribution in [2.75, 3.05) is 44.2 Å². The number of hydrogen-bond acceptors (Lipinski definition) is 13. The highest BCUT2D eigenvalue weighted by Crippen LogP contribution is 2.33. The number of carbonyl (C=O) groups is 2. The number of fused-ring (bicyclic) bond motifs is 1.